The molecule has 0 spiro atoms. The summed E-state index contributed by atoms with van der Waals surface area (Å²) in [5.74, 6) is 0.706. The van der Waals surface area contributed by atoms with Crippen molar-refractivity contribution in [3.63, 3.8) is 0 Å². The molecule has 0 fully saturated rings. The van der Waals surface area contributed by atoms with Crippen LogP contribution in [0, 0.1) is 0 Å². The molecule has 1 aromatic carbocycles. The summed E-state index contributed by atoms with van der Waals surface area (Å²) in [6, 6.07) is 13.3. The molecule has 1 aromatic heterocycles. The maximum absolute atomic E-state index is 11.6. The standard InChI is InChI=1S/C14H15NO2/c1-17-13-7-8-14(16)15(11-13)10-9-12-5-3-2-4-6-12/h2-8,11H,9-10H2,1H3. The van der Waals surface area contributed by atoms with Crippen LogP contribution in [0.2, 0.25) is 0 Å². The lowest BCUT2D eigenvalue weighted by molar-refractivity contribution is 0.408. The Morgan fingerprint density at radius 2 is 1.88 bits per heavy atom. The zero-order valence-corrected chi connectivity index (χ0v) is 9.80. The third kappa shape index (κ3) is 2.97. The third-order valence-electron chi connectivity index (χ3n) is 2.68. The first kappa shape index (κ1) is 11.5. The largest absolute Gasteiger partial charge is 0.495 e. The second kappa shape index (κ2) is 5.34. The summed E-state index contributed by atoms with van der Waals surface area (Å²) >= 11 is 0. The molecule has 0 amide bonds. The molecule has 0 aliphatic carbocycles. The molecule has 3 heteroatoms. The number of rotatable bonds is 4. The summed E-state index contributed by atoms with van der Waals surface area (Å²) in [4.78, 5) is 11.6. The van der Waals surface area contributed by atoms with Crippen LogP contribution in [0.1, 0.15) is 5.56 Å². The van der Waals surface area contributed by atoms with Crippen LogP contribution >= 0.6 is 0 Å². The van der Waals surface area contributed by atoms with E-state index in [0.717, 1.165) is 6.42 Å². The van der Waals surface area contributed by atoms with Crippen LogP contribution in [0.25, 0.3) is 0 Å². The second-order valence-electron chi connectivity index (χ2n) is 3.84. The molecular weight excluding hydrogens is 214 g/mol. The van der Waals surface area contributed by atoms with Gasteiger partial charge < -0.3 is 9.30 Å². The van der Waals surface area contributed by atoms with Crippen molar-refractivity contribution in [2.24, 2.45) is 0 Å². The van der Waals surface area contributed by atoms with Crippen LogP contribution in [0.3, 0.4) is 0 Å². The lowest BCUT2D eigenvalue weighted by Gasteiger charge is -2.07. The second-order valence-corrected chi connectivity index (χ2v) is 3.84. The Kier molecular flexibility index (Phi) is 3.60. The number of hydrogen-bond donors (Lipinski definition) is 0. The summed E-state index contributed by atoms with van der Waals surface area (Å²) in [6.07, 6.45) is 2.58. The zero-order valence-electron chi connectivity index (χ0n) is 9.80. The van der Waals surface area contributed by atoms with Crippen molar-refractivity contribution in [3.05, 3.63) is 64.6 Å². The van der Waals surface area contributed by atoms with Gasteiger partial charge in [0.25, 0.3) is 5.56 Å². The van der Waals surface area contributed by atoms with Gasteiger partial charge in [-0.3, -0.25) is 4.79 Å². The summed E-state index contributed by atoms with van der Waals surface area (Å²) < 4.78 is 6.77. The van der Waals surface area contributed by atoms with Crippen molar-refractivity contribution in [1.29, 1.82) is 0 Å². The Morgan fingerprint density at radius 1 is 1.12 bits per heavy atom. The fourth-order valence-electron chi connectivity index (χ4n) is 1.70. The van der Waals surface area contributed by atoms with Crippen LogP contribution in [0.5, 0.6) is 5.75 Å². The average molecular weight is 229 g/mol. The van der Waals surface area contributed by atoms with E-state index in [0.29, 0.717) is 12.3 Å². The molecule has 0 bridgehead atoms. The topological polar surface area (TPSA) is 31.2 Å². The monoisotopic (exact) mass is 229 g/mol. The minimum Gasteiger partial charge on any atom is -0.495 e. The lowest BCUT2D eigenvalue weighted by Crippen LogP contribution is -2.19. The molecule has 0 aliphatic heterocycles. The number of pyridine rings is 1. The fourth-order valence-corrected chi connectivity index (χ4v) is 1.70. The minimum absolute atomic E-state index is 0.00160. The normalized spacial score (nSPS) is 10.2. The maximum atomic E-state index is 11.6. The predicted molar refractivity (Wildman–Crippen MR) is 67.4 cm³/mol. The van der Waals surface area contributed by atoms with E-state index >= 15 is 0 Å². The number of aromatic nitrogens is 1. The highest BCUT2D eigenvalue weighted by Gasteiger charge is 1.99. The summed E-state index contributed by atoms with van der Waals surface area (Å²) in [5.41, 5.74) is 1.23. The predicted octanol–water partition coefficient (Wildman–Crippen LogP) is 2.10. The van der Waals surface area contributed by atoms with Gasteiger partial charge in [0.05, 0.1) is 7.11 Å². The van der Waals surface area contributed by atoms with Gasteiger partial charge in [-0.2, -0.15) is 0 Å². The molecule has 88 valence electrons. The van der Waals surface area contributed by atoms with Crippen LogP contribution in [0.15, 0.2) is 53.5 Å². The molecule has 0 aliphatic rings. The average Bonchev–Trinajstić information content (AvgIpc) is 2.39. The zero-order chi connectivity index (χ0) is 12.1. The van der Waals surface area contributed by atoms with E-state index in [4.69, 9.17) is 4.74 Å². The molecule has 2 aromatic rings. The number of methoxy groups -OCH3 is 1. The van der Waals surface area contributed by atoms with Crippen LogP contribution in [-0.2, 0) is 13.0 Å². The number of hydrogen-bond acceptors (Lipinski definition) is 2. The smallest absolute Gasteiger partial charge is 0.250 e. The molecule has 0 atom stereocenters. The van der Waals surface area contributed by atoms with Gasteiger partial charge in [-0.25, -0.2) is 0 Å². The van der Waals surface area contributed by atoms with Crippen molar-refractivity contribution in [3.8, 4) is 5.75 Å². The van der Waals surface area contributed by atoms with E-state index in [2.05, 4.69) is 12.1 Å². The molecule has 3 nitrogen and oxygen atoms in total. The molecule has 0 saturated carbocycles. The van der Waals surface area contributed by atoms with Crippen LogP contribution < -0.4 is 10.3 Å². The molecule has 0 radical (unpaired) electrons. The fraction of sp³-hybridized carbons (Fsp3) is 0.214. The highest BCUT2D eigenvalue weighted by Crippen LogP contribution is 2.06. The Morgan fingerprint density at radius 3 is 2.59 bits per heavy atom. The molecule has 2 rings (SSSR count). The van der Waals surface area contributed by atoms with E-state index in [1.807, 2.05) is 18.2 Å². The van der Waals surface area contributed by atoms with Gasteiger partial charge >= 0.3 is 0 Å². The molecule has 0 unspecified atom stereocenters. The SMILES string of the molecule is COc1ccc(=O)n(CCc2ccccc2)c1. The third-order valence-corrected chi connectivity index (χ3v) is 2.68. The Bertz CT molecular complexity index is 531. The van der Waals surface area contributed by atoms with E-state index < -0.39 is 0 Å². The first-order valence-electron chi connectivity index (χ1n) is 5.58. The number of nitrogens with zero attached hydrogens (tertiary/aromatic N) is 1. The molecular formula is C14H15NO2. The van der Waals surface area contributed by atoms with Crippen molar-refractivity contribution >= 4 is 0 Å². The van der Waals surface area contributed by atoms with Crippen molar-refractivity contribution in [1.82, 2.24) is 4.57 Å². The molecule has 1 heterocycles. The molecule has 0 N–H and O–H groups in total. The summed E-state index contributed by atoms with van der Waals surface area (Å²) in [7, 11) is 1.60. The van der Waals surface area contributed by atoms with Gasteiger partial charge in [-0.1, -0.05) is 30.3 Å². The Hall–Kier alpha value is -2.03. The van der Waals surface area contributed by atoms with Gasteiger partial charge in [0.1, 0.15) is 5.75 Å². The van der Waals surface area contributed by atoms with E-state index in [1.165, 1.54) is 11.6 Å². The highest BCUT2D eigenvalue weighted by atomic mass is 16.5. The Balaban J connectivity index is 2.11. The van der Waals surface area contributed by atoms with Gasteiger partial charge in [0, 0.05) is 18.8 Å². The maximum Gasteiger partial charge on any atom is 0.250 e. The van der Waals surface area contributed by atoms with Gasteiger partial charge in [-0.15, -0.1) is 0 Å². The lowest BCUT2D eigenvalue weighted by atomic mass is 10.1. The summed E-state index contributed by atoms with van der Waals surface area (Å²) in [6.45, 7) is 0.667. The highest BCUT2D eigenvalue weighted by molar-refractivity contribution is 5.18. The van der Waals surface area contributed by atoms with E-state index in [-0.39, 0.29) is 5.56 Å². The van der Waals surface area contributed by atoms with E-state index in [9.17, 15) is 4.79 Å². The van der Waals surface area contributed by atoms with Crippen molar-refractivity contribution in [2.75, 3.05) is 7.11 Å². The molecule has 0 saturated heterocycles. The van der Waals surface area contributed by atoms with Gasteiger partial charge in [0.2, 0.25) is 0 Å². The first-order valence-corrected chi connectivity index (χ1v) is 5.58. The van der Waals surface area contributed by atoms with Crippen molar-refractivity contribution < 1.29 is 4.74 Å². The molecule has 17 heavy (non-hydrogen) atoms. The first-order chi connectivity index (χ1) is 8.29. The van der Waals surface area contributed by atoms with Crippen molar-refractivity contribution in [2.45, 2.75) is 13.0 Å². The minimum atomic E-state index is 0.00160. The van der Waals surface area contributed by atoms with Gasteiger partial charge in [-0.05, 0) is 18.1 Å². The van der Waals surface area contributed by atoms with Crippen LogP contribution in [0.4, 0.5) is 0 Å². The van der Waals surface area contributed by atoms with Crippen LogP contribution in [-0.4, -0.2) is 11.7 Å². The number of benzene rings is 1. The quantitative estimate of drug-likeness (QED) is 0.804. The number of ether oxygens (including phenoxy) is 1. The summed E-state index contributed by atoms with van der Waals surface area (Å²) in [5, 5.41) is 0. The van der Waals surface area contributed by atoms with E-state index in [1.54, 1.807) is 23.9 Å². The Labute approximate surface area is 100 Å². The number of aryl methyl sites for hydroxylation is 2. The van der Waals surface area contributed by atoms with Gasteiger partial charge in [0.15, 0.2) is 0 Å².